The zero-order chi connectivity index (χ0) is 18.6. The van der Waals surface area contributed by atoms with E-state index in [-0.39, 0.29) is 5.91 Å². The van der Waals surface area contributed by atoms with Crippen LogP contribution in [0.1, 0.15) is 48.3 Å². The summed E-state index contributed by atoms with van der Waals surface area (Å²) in [5.41, 5.74) is 2.56. The monoisotopic (exact) mass is 361 g/mol. The zero-order valence-corrected chi connectivity index (χ0v) is 15.4. The summed E-state index contributed by atoms with van der Waals surface area (Å²) in [4.78, 5) is 26.1. The number of pyridine rings is 1. The first-order valence-corrected chi connectivity index (χ1v) is 9.46. The predicted molar refractivity (Wildman–Crippen MR) is 107 cm³/mol. The molecule has 2 aromatic heterocycles. The number of aryl methyl sites for hydroxylation is 1. The van der Waals surface area contributed by atoms with Gasteiger partial charge in [0.15, 0.2) is 0 Å². The average molecular weight is 361 g/mol. The van der Waals surface area contributed by atoms with Gasteiger partial charge in [0.2, 0.25) is 5.95 Å². The van der Waals surface area contributed by atoms with E-state index in [9.17, 15) is 4.79 Å². The summed E-state index contributed by atoms with van der Waals surface area (Å²) in [6.07, 6.45) is 7.72. The van der Waals surface area contributed by atoms with Crippen LogP contribution in [0.4, 0.5) is 11.6 Å². The first-order valence-electron chi connectivity index (χ1n) is 9.46. The maximum Gasteiger partial charge on any atom is 0.274 e. The van der Waals surface area contributed by atoms with Crippen LogP contribution in [0.15, 0.2) is 42.6 Å². The summed E-state index contributed by atoms with van der Waals surface area (Å²) in [6, 6.07) is 11.7. The molecule has 27 heavy (non-hydrogen) atoms. The van der Waals surface area contributed by atoms with Crippen LogP contribution < -0.4 is 10.6 Å². The molecule has 1 aliphatic carbocycles. The van der Waals surface area contributed by atoms with Crippen molar-refractivity contribution in [3.63, 3.8) is 0 Å². The van der Waals surface area contributed by atoms with E-state index < -0.39 is 0 Å². The van der Waals surface area contributed by atoms with Crippen LogP contribution in [-0.4, -0.2) is 26.9 Å². The Hall–Kier alpha value is -3.02. The topological polar surface area (TPSA) is 79.8 Å². The average Bonchev–Trinajstić information content (AvgIpc) is 2.68. The highest BCUT2D eigenvalue weighted by molar-refractivity contribution is 6.07. The molecule has 2 heterocycles. The Balaban J connectivity index is 1.56. The number of para-hydroxylation sites is 1. The molecule has 0 radical (unpaired) electrons. The summed E-state index contributed by atoms with van der Waals surface area (Å²) < 4.78 is 0. The lowest BCUT2D eigenvalue weighted by Gasteiger charge is -2.23. The fraction of sp³-hybridized carbons (Fsp3) is 0.333. The van der Waals surface area contributed by atoms with Crippen LogP contribution in [0.3, 0.4) is 0 Å². The number of amides is 1. The maximum absolute atomic E-state index is 12.8. The van der Waals surface area contributed by atoms with Crippen LogP contribution >= 0.6 is 0 Å². The molecule has 4 rings (SSSR count). The third-order valence-corrected chi connectivity index (χ3v) is 4.91. The van der Waals surface area contributed by atoms with Crippen molar-refractivity contribution in [3.8, 4) is 0 Å². The third-order valence-electron chi connectivity index (χ3n) is 4.91. The van der Waals surface area contributed by atoms with Crippen molar-refractivity contribution in [3.05, 3.63) is 54.0 Å². The molecule has 1 aromatic carbocycles. The first kappa shape index (κ1) is 17.4. The minimum Gasteiger partial charge on any atom is -0.351 e. The van der Waals surface area contributed by atoms with E-state index in [1.165, 1.54) is 19.3 Å². The van der Waals surface area contributed by atoms with Gasteiger partial charge in [0.05, 0.1) is 11.2 Å². The number of benzene rings is 1. The van der Waals surface area contributed by atoms with Crippen molar-refractivity contribution < 1.29 is 4.79 Å². The Kier molecular flexibility index (Phi) is 4.96. The number of hydrogen-bond acceptors (Lipinski definition) is 5. The zero-order valence-electron chi connectivity index (χ0n) is 15.4. The van der Waals surface area contributed by atoms with Crippen molar-refractivity contribution in [2.75, 3.05) is 10.6 Å². The second-order valence-electron chi connectivity index (χ2n) is 7.03. The van der Waals surface area contributed by atoms with Gasteiger partial charge in [0.1, 0.15) is 5.69 Å². The molecule has 0 aliphatic heterocycles. The van der Waals surface area contributed by atoms with E-state index >= 15 is 0 Å². The lowest BCUT2D eigenvalue weighted by molar-refractivity contribution is 0.102. The molecule has 6 nitrogen and oxygen atoms in total. The van der Waals surface area contributed by atoms with Gasteiger partial charge in [0.25, 0.3) is 5.91 Å². The van der Waals surface area contributed by atoms with Crippen LogP contribution in [0.2, 0.25) is 0 Å². The van der Waals surface area contributed by atoms with Gasteiger partial charge in [0, 0.05) is 23.3 Å². The minimum atomic E-state index is -0.259. The fourth-order valence-electron chi connectivity index (χ4n) is 3.57. The molecule has 0 atom stereocenters. The Bertz CT molecular complexity index is 960. The normalized spacial score (nSPS) is 14.9. The Morgan fingerprint density at radius 1 is 1.07 bits per heavy atom. The van der Waals surface area contributed by atoms with Crippen molar-refractivity contribution in [1.29, 1.82) is 0 Å². The smallest absolute Gasteiger partial charge is 0.274 e. The Morgan fingerprint density at radius 3 is 2.74 bits per heavy atom. The molecule has 0 spiro atoms. The molecular formula is C21H23N5O. The standard InChI is InChI=1S/C21H23N5O/c1-14-13-18(26-21(23-14)24-16-9-3-2-4-10-16)20(27)25-17-11-5-7-15-8-6-12-22-19(15)17/h5-8,11-13,16H,2-4,9-10H2,1H3,(H,25,27)(H,23,24,26). The molecule has 2 N–H and O–H groups in total. The lowest BCUT2D eigenvalue weighted by atomic mass is 9.96. The molecule has 1 aliphatic rings. The fourth-order valence-corrected chi connectivity index (χ4v) is 3.57. The van der Waals surface area contributed by atoms with Crippen LogP contribution in [-0.2, 0) is 0 Å². The highest BCUT2D eigenvalue weighted by atomic mass is 16.1. The maximum atomic E-state index is 12.8. The molecule has 3 aromatic rings. The lowest BCUT2D eigenvalue weighted by Crippen LogP contribution is -2.24. The minimum absolute atomic E-state index is 0.259. The van der Waals surface area contributed by atoms with E-state index in [2.05, 4.69) is 25.6 Å². The highest BCUT2D eigenvalue weighted by Gasteiger charge is 2.17. The SMILES string of the molecule is Cc1cc(C(=O)Nc2cccc3cccnc23)nc(NC2CCCCC2)n1. The second-order valence-corrected chi connectivity index (χ2v) is 7.03. The van der Waals surface area contributed by atoms with Crippen molar-refractivity contribution in [1.82, 2.24) is 15.0 Å². The quantitative estimate of drug-likeness (QED) is 0.723. The van der Waals surface area contributed by atoms with Gasteiger partial charge in [-0.15, -0.1) is 0 Å². The van der Waals surface area contributed by atoms with E-state index in [0.717, 1.165) is 29.4 Å². The van der Waals surface area contributed by atoms with Crippen molar-refractivity contribution >= 4 is 28.4 Å². The second kappa shape index (κ2) is 7.70. The molecule has 0 saturated heterocycles. The number of aromatic nitrogens is 3. The van der Waals surface area contributed by atoms with Crippen molar-refractivity contribution in [2.24, 2.45) is 0 Å². The summed E-state index contributed by atoms with van der Waals surface area (Å²) in [6.45, 7) is 1.88. The van der Waals surface area contributed by atoms with Gasteiger partial charge in [-0.1, -0.05) is 37.5 Å². The molecular weight excluding hydrogens is 338 g/mol. The van der Waals surface area contributed by atoms with Gasteiger partial charge in [-0.2, -0.15) is 0 Å². The number of fused-ring (bicyclic) bond motifs is 1. The van der Waals surface area contributed by atoms with Crippen LogP contribution in [0, 0.1) is 6.92 Å². The molecule has 138 valence electrons. The Labute approximate surface area is 158 Å². The van der Waals surface area contributed by atoms with Gasteiger partial charge in [-0.25, -0.2) is 9.97 Å². The van der Waals surface area contributed by atoms with E-state index in [1.807, 2.05) is 37.3 Å². The molecule has 6 heteroatoms. The van der Waals surface area contributed by atoms with Crippen molar-refractivity contribution in [2.45, 2.75) is 45.1 Å². The van der Waals surface area contributed by atoms with Gasteiger partial charge in [-0.05, 0) is 38.0 Å². The third kappa shape index (κ3) is 4.05. The number of nitrogens with one attached hydrogen (secondary N) is 2. The number of carbonyl (C=O) groups excluding carboxylic acids is 1. The number of nitrogens with zero attached hydrogens (tertiary/aromatic N) is 3. The first-order chi connectivity index (χ1) is 13.2. The molecule has 1 fully saturated rings. The number of carbonyl (C=O) groups is 1. The number of anilines is 2. The van der Waals surface area contributed by atoms with Gasteiger partial charge < -0.3 is 10.6 Å². The summed E-state index contributed by atoms with van der Waals surface area (Å²) in [7, 11) is 0. The summed E-state index contributed by atoms with van der Waals surface area (Å²) in [5.74, 6) is 0.272. The summed E-state index contributed by atoms with van der Waals surface area (Å²) in [5, 5.41) is 7.32. The Morgan fingerprint density at radius 2 is 1.89 bits per heavy atom. The van der Waals surface area contributed by atoms with E-state index in [4.69, 9.17) is 0 Å². The molecule has 1 saturated carbocycles. The largest absolute Gasteiger partial charge is 0.351 e. The predicted octanol–water partition coefficient (Wildman–Crippen LogP) is 4.33. The van der Waals surface area contributed by atoms with E-state index in [1.54, 1.807) is 12.3 Å². The highest BCUT2D eigenvalue weighted by Crippen LogP contribution is 2.22. The van der Waals surface area contributed by atoms with E-state index in [0.29, 0.717) is 23.4 Å². The number of rotatable bonds is 4. The van der Waals surface area contributed by atoms with Gasteiger partial charge >= 0.3 is 0 Å². The number of hydrogen-bond donors (Lipinski definition) is 2. The molecule has 1 amide bonds. The summed E-state index contributed by atoms with van der Waals surface area (Å²) >= 11 is 0. The van der Waals surface area contributed by atoms with Crippen LogP contribution in [0.5, 0.6) is 0 Å². The molecule has 0 bridgehead atoms. The van der Waals surface area contributed by atoms with Gasteiger partial charge in [-0.3, -0.25) is 9.78 Å². The van der Waals surface area contributed by atoms with Crippen LogP contribution in [0.25, 0.3) is 10.9 Å². The molecule has 0 unspecified atom stereocenters.